The lowest BCUT2D eigenvalue weighted by Crippen LogP contribution is -2.31. The molecule has 186 valence electrons. The van der Waals surface area contributed by atoms with Crippen LogP contribution in [0.25, 0.3) is 21.5 Å². The highest BCUT2D eigenvalue weighted by Crippen LogP contribution is 2.33. The van der Waals surface area contributed by atoms with Gasteiger partial charge in [0.1, 0.15) is 0 Å². The molecule has 1 aliphatic rings. The van der Waals surface area contributed by atoms with Crippen molar-refractivity contribution >= 4 is 39.1 Å². The van der Waals surface area contributed by atoms with Gasteiger partial charge < -0.3 is 4.74 Å². The van der Waals surface area contributed by atoms with Crippen molar-refractivity contribution in [1.82, 2.24) is 5.01 Å². The summed E-state index contributed by atoms with van der Waals surface area (Å²) in [5, 5.41) is 10.6. The highest BCUT2D eigenvalue weighted by molar-refractivity contribution is 6.05. The Balaban J connectivity index is 1.21. The van der Waals surface area contributed by atoms with E-state index >= 15 is 0 Å². The van der Waals surface area contributed by atoms with Gasteiger partial charge in [-0.2, -0.15) is 5.10 Å². The molecule has 5 aromatic carbocycles. The van der Waals surface area contributed by atoms with E-state index in [-0.39, 0.29) is 25.0 Å². The largest absolute Gasteiger partial charge is 0.455 e. The first-order valence-corrected chi connectivity index (χ1v) is 12.7. The van der Waals surface area contributed by atoms with Crippen LogP contribution in [-0.4, -0.2) is 29.2 Å². The molecule has 0 bridgehead atoms. The highest BCUT2D eigenvalue weighted by atomic mass is 16.5. The number of hydrogen-bond acceptors (Lipinski definition) is 4. The molecule has 1 aliphatic heterocycles. The maximum absolute atomic E-state index is 13.3. The van der Waals surface area contributed by atoms with E-state index in [1.165, 1.54) is 5.01 Å². The van der Waals surface area contributed by atoms with Crippen LogP contribution in [0.1, 0.15) is 29.2 Å². The number of benzene rings is 5. The fraction of sp³-hybridized carbons (Fsp3) is 0.121. The molecule has 5 heteroatoms. The van der Waals surface area contributed by atoms with E-state index in [9.17, 15) is 9.59 Å². The summed E-state index contributed by atoms with van der Waals surface area (Å²) >= 11 is 0. The normalized spacial score (nSPS) is 15.0. The van der Waals surface area contributed by atoms with Crippen LogP contribution in [0.4, 0.5) is 0 Å². The molecule has 1 amide bonds. The van der Waals surface area contributed by atoms with Crippen LogP contribution in [0.15, 0.2) is 120 Å². The minimum atomic E-state index is -0.441. The monoisotopic (exact) mass is 498 g/mol. The summed E-state index contributed by atoms with van der Waals surface area (Å²) in [6, 6.07) is 37.7. The van der Waals surface area contributed by atoms with Crippen molar-refractivity contribution in [3.8, 4) is 0 Å². The third kappa shape index (κ3) is 4.78. The van der Waals surface area contributed by atoms with E-state index in [1.54, 1.807) is 0 Å². The second-order valence-corrected chi connectivity index (χ2v) is 9.45. The molecule has 1 unspecified atom stereocenters. The van der Waals surface area contributed by atoms with Gasteiger partial charge in [-0.05, 0) is 44.3 Å². The number of fused-ring (bicyclic) bond motifs is 2. The Morgan fingerprint density at radius 3 is 2.32 bits per heavy atom. The summed E-state index contributed by atoms with van der Waals surface area (Å²) in [5.74, 6) is -0.787. The molecule has 0 radical (unpaired) electrons. The van der Waals surface area contributed by atoms with Crippen molar-refractivity contribution in [3.63, 3.8) is 0 Å². The first-order chi connectivity index (χ1) is 18.7. The van der Waals surface area contributed by atoms with E-state index in [0.717, 1.165) is 43.9 Å². The zero-order chi connectivity index (χ0) is 25.9. The van der Waals surface area contributed by atoms with Gasteiger partial charge in [0.15, 0.2) is 6.61 Å². The van der Waals surface area contributed by atoms with Crippen LogP contribution in [0.3, 0.4) is 0 Å². The van der Waals surface area contributed by atoms with Crippen LogP contribution in [0.2, 0.25) is 0 Å². The highest BCUT2D eigenvalue weighted by Gasteiger charge is 2.33. The standard InChI is InChI=1S/C33H26N2O3/c36-32(22-38-33(37)20-27-15-8-14-24-10-6-7-16-29(24)27)35-31(25-11-2-1-3-12-25)21-30(34-35)28-18-17-23-9-4-5-13-26(23)19-28/h1-19,31H,20-22H2. The zero-order valence-electron chi connectivity index (χ0n) is 20.8. The molecule has 5 aromatic rings. The number of carbonyl (C=O) groups excluding carboxylic acids is 2. The van der Waals surface area contributed by atoms with Gasteiger partial charge in [0.2, 0.25) is 0 Å². The van der Waals surface area contributed by atoms with E-state index in [4.69, 9.17) is 9.84 Å². The Labute approximate surface area is 221 Å². The fourth-order valence-corrected chi connectivity index (χ4v) is 5.08. The van der Waals surface area contributed by atoms with Crippen molar-refractivity contribution < 1.29 is 14.3 Å². The Morgan fingerprint density at radius 1 is 0.763 bits per heavy atom. The molecule has 0 spiro atoms. The summed E-state index contributed by atoms with van der Waals surface area (Å²) in [6.45, 7) is -0.360. The lowest BCUT2D eigenvalue weighted by atomic mass is 9.97. The van der Waals surface area contributed by atoms with Gasteiger partial charge in [0.05, 0.1) is 18.2 Å². The Bertz CT molecular complexity index is 1670. The molecule has 0 saturated heterocycles. The molecule has 0 aliphatic carbocycles. The number of carbonyl (C=O) groups is 2. The van der Waals surface area contributed by atoms with E-state index in [2.05, 4.69) is 24.3 Å². The van der Waals surface area contributed by atoms with Crippen molar-refractivity contribution in [2.45, 2.75) is 18.9 Å². The molecule has 0 aromatic heterocycles. The van der Waals surface area contributed by atoms with Crippen LogP contribution in [0, 0.1) is 0 Å². The summed E-state index contributed by atoms with van der Waals surface area (Å²) < 4.78 is 5.45. The molecule has 5 nitrogen and oxygen atoms in total. The van der Waals surface area contributed by atoms with Gasteiger partial charge in [0.25, 0.3) is 5.91 Å². The number of rotatable bonds is 6. The molecular weight excluding hydrogens is 472 g/mol. The molecule has 1 atom stereocenters. The predicted molar refractivity (Wildman–Crippen MR) is 150 cm³/mol. The molecule has 38 heavy (non-hydrogen) atoms. The summed E-state index contributed by atoms with van der Waals surface area (Å²) in [4.78, 5) is 26.0. The van der Waals surface area contributed by atoms with Gasteiger partial charge in [-0.15, -0.1) is 0 Å². The molecule has 0 fully saturated rings. The zero-order valence-corrected chi connectivity index (χ0v) is 20.8. The minimum absolute atomic E-state index is 0.0996. The Morgan fingerprint density at radius 2 is 1.47 bits per heavy atom. The van der Waals surface area contributed by atoms with Gasteiger partial charge >= 0.3 is 5.97 Å². The number of ether oxygens (including phenoxy) is 1. The maximum atomic E-state index is 13.3. The predicted octanol–water partition coefficient (Wildman–Crippen LogP) is 6.46. The van der Waals surface area contributed by atoms with E-state index in [0.29, 0.717) is 6.42 Å². The topological polar surface area (TPSA) is 59.0 Å². The van der Waals surface area contributed by atoms with Gasteiger partial charge in [0, 0.05) is 6.42 Å². The fourth-order valence-electron chi connectivity index (χ4n) is 5.08. The number of nitrogens with zero attached hydrogens (tertiary/aromatic N) is 2. The summed E-state index contributed by atoms with van der Waals surface area (Å²) in [6.07, 6.45) is 0.681. The first kappa shape index (κ1) is 23.6. The average molecular weight is 499 g/mol. The number of hydrazone groups is 1. The van der Waals surface area contributed by atoms with Crippen LogP contribution >= 0.6 is 0 Å². The van der Waals surface area contributed by atoms with Gasteiger partial charge in [-0.1, -0.05) is 109 Å². The lowest BCUT2D eigenvalue weighted by molar-refractivity contribution is -0.152. The van der Waals surface area contributed by atoms with Gasteiger partial charge in [-0.3, -0.25) is 9.59 Å². The van der Waals surface area contributed by atoms with Crippen molar-refractivity contribution in [2.75, 3.05) is 6.61 Å². The SMILES string of the molecule is O=C(Cc1cccc2ccccc12)OCC(=O)N1N=C(c2ccc3ccccc3c2)CC1c1ccccc1. The third-order valence-electron chi connectivity index (χ3n) is 7.00. The van der Waals surface area contributed by atoms with Crippen molar-refractivity contribution in [2.24, 2.45) is 5.10 Å². The van der Waals surface area contributed by atoms with Crippen molar-refractivity contribution in [3.05, 3.63) is 132 Å². The number of esters is 1. The Hall–Kier alpha value is -4.77. The maximum Gasteiger partial charge on any atom is 0.310 e. The lowest BCUT2D eigenvalue weighted by Gasteiger charge is -2.22. The first-order valence-electron chi connectivity index (χ1n) is 12.7. The quantitative estimate of drug-likeness (QED) is 0.253. The Kier molecular flexibility index (Phi) is 6.40. The van der Waals surface area contributed by atoms with Crippen LogP contribution in [0.5, 0.6) is 0 Å². The van der Waals surface area contributed by atoms with Crippen molar-refractivity contribution in [1.29, 1.82) is 0 Å². The van der Waals surface area contributed by atoms with E-state index in [1.807, 2.05) is 91.0 Å². The smallest absolute Gasteiger partial charge is 0.310 e. The van der Waals surface area contributed by atoms with Gasteiger partial charge in [-0.25, -0.2) is 5.01 Å². The van der Waals surface area contributed by atoms with Crippen LogP contribution in [-0.2, 0) is 20.7 Å². The average Bonchev–Trinajstić information content (AvgIpc) is 3.42. The molecular formula is C33H26N2O3. The second-order valence-electron chi connectivity index (χ2n) is 9.45. The minimum Gasteiger partial charge on any atom is -0.455 e. The summed E-state index contributed by atoms with van der Waals surface area (Å²) in [7, 11) is 0. The van der Waals surface area contributed by atoms with Crippen LogP contribution < -0.4 is 0 Å². The number of amides is 1. The second kappa shape index (κ2) is 10.3. The molecule has 1 heterocycles. The molecule has 6 rings (SSSR count). The molecule has 0 saturated carbocycles. The van der Waals surface area contributed by atoms with E-state index < -0.39 is 5.97 Å². The summed E-state index contributed by atoms with van der Waals surface area (Å²) in [5.41, 5.74) is 3.68. The molecule has 0 N–H and O–H groups in total. The third-order valence-corrected chi connectivity index (χ3v) is 7.00. The number of hydrogen-bond donors (Lipinski definition) is 0.